The van der Waals surface area contributed by atoms with E-state index in [4.69, 9.17) is 16.4 Å². The summed E-state index contributed by atoms with van der Waals surface area (Å²) >= 11 is 5.97. The van der Waals surface area contributed by atoms with Gasteiger partial charge in [-0.15, -0.1) is 0 Å². The van der Waals surface area contributed by atoms with Gasteiger partial charge in [0.25, 0.3) is 0 Å². The van der Waals surface area contributed by atoms with Crippen LogP contribution in [0.15, 0.2) is 59.8 Å². The Bertz CT molecular complexity index is 628. The molecular weight excluding hydrogens is 284 g/mol. The lowest BCUT2D eigenvalue weighted by molar-refractivity contribution is 0.0848. The summed E-state index contributed by atoms with van der Waals surface area (Å²) in [5, 5.41) is 8.33. The molecule has 3 nitrogen and oxygen atoms in total. The molecule has 0 aliphatic carbocycles. The van der Waals surface area contributed by atoms with E-state index in [0.717, 1.165) is 35.8 Å². The second-order valence-corrected chi connectivity index (χ2v) is 5.53. The lowest BCUT2D eigenvalue weighted by atomic mass is 10.1. The van der Waals surface area contributed by atoms with Crippen LogP contribution in [0.3, 0.4) is 0 Å². The predicted octanol–water partition coefficient (Wildman–Crippen LogP) is 3.62. The molecule has 2 aromatic carbocycles. The molecule has 0 radical (unpaired) electrons. The van der Waals surface area contributed by atoms with E-state index in [1.54, 1.807) is 0 Å². The number of oxime groups is 1. The van der Waals surface area contributed by atoms with Crippen LogP contribution in [-0.2, 0) is 11.4 Å². The second kappa shape index (κ2) is 6.74. The lowest BCUT2D eigenvalue weighted by Crippen LogP contribution is -2.26. The maximum absolute atomic E-state index is 5.97. The molecule has 0 fully saturated rings. The highest BCUT2D eigenvalue weighted by Gasteiger charge is 2.21. The van der Waals surface area contributed by atoms with E-state index >= 15 is 0 Å². The standard InChI is InChI=1S/C17H17ClN2O/c18-15-8-4-5-13(9-15)11-19-12-16-10-17(20-21-16)14-6-2-1-3-7-14/h1-9,16,19H,10-12H2/t16-/m1/s1. The fourth-order valence-electron chi connectivity index (χ4n) is 2.36. The van der Waals surface area contributed by atoms with Crippen molar-refractivity contribution in [1.29, 1.82) is 0 Å². The minimum absolute atomic E-state index is 0.0967. The Kier molecular flexibility index (Phi) is 4.53. The van der Waals surface area contributed by atoms with Crippen LogP contribution in [0.2, 0.25) is 5.02 Å². The third kappa shape index (κ3) is 3.84. The summed E-state index contributed by atoms with van der Waals surface area (Å²) in [4.78, 5) is 5.48. The van der Waals surface area contributed by atoms with Crippen LogP contribution in [0.5, 0.6) is 0 Å². The van der Waals surface area contributed by atoms with Crippen molar-refractivity contribution in [1.82, 2.24) is 5.32 Å². The molecule has 1 atom stereocenters. The number of nitrogens with one attached hydrogen (secondary N) is 1. The molecule has 1 aliphatic heterocycles. The van der Waals surface area contributed by atoms with Crippen LogP contribution in [-0.4, -0.2) is 18.4 Å². The molecule has 0 amide bonds. The van der Waals surface area contributed by atoms with Crippen LogP contribution in [0.4, 0.5) is 0 Å². The van der Waals surface area contributed by atoms with E-state index in [0.29, 0.717) is 0 Å². The zero-order chi connectivity index (χ0) is 14.5. The van der Waals surface area contributed by atoms with Crippen molar-refractivity contribution < 1.29 is 4.84 Å². The Balaban J connectivity index is 1.46. The summed E-state index contributed by atoms with van der Waals surface area (Å²) in [7, 11) is 0. The molecule has 108 valence electrons. The first-order valence-corrected chi connectivity index (χ1v) is 7.42. The lowest BCUT2D eigenvalue weighted by Gasteiger charge is -2.10. The molecule has 0 saturated heterocycles. The first kappa shape index (κ1) is 14.1. The number of rotatable bonds is 5. The zero-order valence-electron chi connectivity index (χ0n) is 11.6. The van der Waals surface area contributed by atoms with Crippen LogP contribution in [0.1, 0.15) is 17.5 Å². The summed E-state index contributed by atoms with van der Waals surface area (Å²) < 4.78 is 0. The minimum Gasteiger partial charge on any atom is -0.390 e. The van der Waals surface area contributed by atoms with Crippen LogP contribution >= 0.6 is 11.6 Å². The number of hydrogen-bond acceptors (Lipinski definition) is 3. The van der Waals surface area contributed by atoms with E-state index in [1.165, 1.54) is 5.56 Å². The average molecular weight is 301 g/mol. The number of hydrogen-bond donors (Lipinski definition) is 1. The maximum atomic E-state index is 5.97. The predicted molar refractivity (Wildman–Crippen MR) is 85.6 cm³/mol. The summed E-state index contributed by atoms with van der Waals surface area (Å²) in [6.07, 6.45) is 0.936. The van der Waals surface area contributed by atoms with E-state index in [-0.39, 0.29) is 6.10 Å². The third-order valence-corrected chi connectivity index (χ3v) is 3.67. The van der Waals surface area contributed by atoms with Gasteiger partial charge in [-0.1, -0.05) is 59.2 Å². The van der Waals surface area contributed by atoms with E-state index in [9.17, 15) is 0 Å². The van der Waals surface area contributed by atoms with Gasteiger partial charge in [0.05, 0.1) is 5.71 Å². The fraction of sp³-hybridized carbons (Fsp3) is 0.235. The minimum atomic E-state index is 0.0967. The fourth-order valence-corrected chi connectivity index (χ4v) is 2.58. The Morgan fingerprint density at radius 2 is 2.00 bits per heavy atom. The molecule has 1 heterocycles. The molecular formula is C17H17ClN2O. The van der Waals surface area contributed by atoms with Gasteiger partial charge < -0.3 is 10.2 Å². The van der Waals surface area contributed by atoms with Gasteiger partial charge in [0.1, 0.15) is 6.10 Å². The molecule has 2 aromatic rings. The largest absolute Gasteiger partial charge is 0.390 e. The quantitative estimate of drug-likeness (QED) is 0.915. The topological polar surface area (TPSA) is 33.6 Å². The van der Waals surface area contributed by atoms with Gasteiger partial charge in [-0.05, 0) is 23.3 Å². The first-order valence-electron chi connectivity index (χ1n) is 7.04. The maximum Gasteiger partial charge on any atom is 0.145 e. The molecule has 0 unspecified atom stereocenters. The number of benzene rings is 2. The molecule has 1 aliphatic rings. The molecule has 0 bridgehead atoms. The molecule has 4 heteroatoms. The highest BCUT2D eigenvalue weighted by atomic mass is 35.5. The Morgan fingerprint density at radius 3 is 2.81 bits per heavy atom. The van der Waals surface area contributed by atoms with E-state index < -0.39 is 0 Å². The van der Waals surface area contributed by atoms with Crippen LogP contribution in [0, 0.1) is 0 Å². The number of halogens is 1. The van der Waals surface area contributed by atoms with Crippen molar-refractivity contribution in [2.24, 2.45) is 5.16 Å². The highest BCUT2D eigenvalue weighted by Crippen LogP contribution is 2.16. The van der Waals surface area contributed by atoms with Gasteiger partial charge in [0.2, 0.25) is 0 Å². The van der Waals surface area contributed by atoms with Crippen molar-refractivity contribution in [2.45, 2.75) is 19.1 Å². The Labute approximate surface area is 129 Å². The number of nitrogens with zero attached hydrogens (tertiary/aromatic N) is 1. The summed E-state index contributed by atoms with van der Waals surface area (Å²) in [6, 6.07) is 18.0. The normalized spacial score (nSPS) is 17.4. The van der Waals surface area contributed by atoms with Crippen molar-refractivity contribution in [3.8, 4) is 0 Å². The summed E-state index contributed by atoms with van der Waals surface area (Å²) in [5.41, 5.74) is 3.32. The molecule has 0 aromatic heterocycles. The van der Waals surface area contributed by atoms with Crippen LogP contribution in [0.25, 0.3) is 0 Å². The zero-order valence-corrected chi connectivity index (χ0v) is 12.4. The van der Waals surface area contributed by atoms with Gasteiger partial charge in [-0.3, -0.25) is 0 Å². The van der Waals surface area contributed by atoms with Gasteiger partial charge in [-0.25, -0.2) is 0 Å². The summed E-state index contributed by atoms with van der Waals surface area (Å²) in [5.74, 6) is 0. The Morgan fingerprint density at radius 1 is 1.14 bits per heavy atom. The molecule has 3 rings (SSSR count). The van der Waals surface area contributed by atoms with Gasteiger partial charge >= 0.3 is 0 Å². The van der Waals surface area contributed by atoms with Crippen molar-refractivity contribution in [3.05, 3.63) is 70.7 Å². The van der Waals surface area contributed by atoms with Gasteiger partial charge in [0.15, 0.2) is 0 Å². The van der Waals surface area contributed by atoms with Gasteiger partial charge in [0, 0.05) is 24.5 Å². The van der Waals surface area contributed by atoms with Gasteiger partial charge in [-0.2, -0.15) is 0 Å². The molecule has 1 N–H and O–H groups in total. The molecule has 0 spiro atoms. The van der Waals surface area contributed by atoms with E-state index in [2.05, 4.69) is 28.7 Å². The second-order valence-electron chi connectivity index (χ2n) is 5.10. The molecule has 21 heavy (non-hydrogen) atoms. The average Bonchev–Trinajstić information content (AvgIpc) is 2.97. The summed E-state index contributed by atoms with van der Waals surface area (Å²) in [6.45, 7) is 1.55. The SMILES string of the molecule is Clc1cccc(CNC[C@H]2CC(c3ccccc3)=NO2)c1. The Hall–Kier alpha value is -1.84. The molecule has 0 saturated carbocycles. The smallest absolute Gasteiger partial charge is 0.145 e. The third-order valence-electron chi connectivity index (χ3n) is 3.43. The first-order chi connectivity index (χ1) is 10.3. The highest BCUT2D eigenvalue weighted by molar-refractivity contribution is 6.30. The van der Waals surface area contributed by atoms with E-state index in [1.807, 2.05) is 36.4 Å². The monoisotopic (exact) mass is 300 g/mol. The van der Waals surface area contributed by atoms with Crippen molar-refractivity contribution in [2.75, 3.05) is 6.54 Å². The van der Waals surface area contributed by atoms with Crippen molar-refractivity contribution in [3.63, 3.8) is 0 Å². The van der Waals surface area contributed by atoms with Crippen LogP contribution < -0.4 is 5.32 Å². The van der Waals surface area contributed by atoms with Crippen molar-refractivity contribution >= 4 is 17.3 Å².